The van der Waals surface area contributed by atoms with Gasteiger partial charge in [-0.2, -0.15) is 0 Å². The Morgan fingerprint density at radius 2 is 2.00 bits per heavy atom. The molecule has 9 nitrogen and oxygen atoms in total. The lowest BCUT2D eigenvalue weighted by atomic mass is 10.3. The topological polar surface area (TPSA) is 128 Å². The first kappa shape index (κ1) is 18.0. The number of nitro benzene ring substituents is 1. The summed E-state index contributed by atoms with van der Waals surface area (Å²) in [6.07, 6.45) is 0. The van der Waals surface area contributed by atoms with E-state index < -0.39 is 31.5 Å². The third kappa shape index (κ3) is 5.39. The molecule has 0 spiro atoms. The van der Waals surface area contributed by atoms with Gasteiger partial charge in [0, 0.05) is 19.2 Å². The van der Waals surface area contributed by atoms with Crippen molar-refractivity contribution in [2.75, 3.05) is 26.2 Å². The number of para-hydroxylation sites is 1. The summed E-state index contributed by atoms with van der Waals surface area (Å²) < 4.78 is 31.0. The smallest absolute Gasteiger partial charge is 0.319 e. The van der Waals surface area contributed by atoms with E-state index in [1.54, 1.807) is 6.92 Å². The van der Waals surface area contributed by atoms with Crippen molar-refractivity contribution in [3.8, 4) is 0 Å². The summed E-state index contributed by atoms with van der Waals surface area (Å²) in [5, 5.41) is 13.5. The summed E-state index contributed by atoms with van der Waals surface area (Å²) in [5.74, 6) is -0.441. The van der Waals surface area contributed by atoms with Gasteiger partial charge in [0.05, 0.1) is 18.1 Å². The number of nitrogens with one attached hydrogen (secondary N) is 2. The molecule has 122 valence electrons. The van der Waals surface area contributed by atoms with Gasteiger partial charge in [0.2, 0.25) is 10.0 Å². The fraction of sp³-hybridized carbons (Fsp3) is 0.417. The molecule has 1 rings (SSSR count). The summed E-state index contributed by atoms with van der Waals surface area (Å²) in [5.41, 5.74) is -0.491. The Morgan fingerprint density at radius 1 is 1.32 bits per heavy atom. The van der Waals surface area contributed by atoms with Crippen molar-refractivity contribution in [3.05, 3.63) is 34.4 Å². The highest BCUT2D eigenvalue weighted by atomic mass is 32.2. The van der Waals surface area contributed by atoms with Crippen molar-refractivity contribution in [1.82, 2.24) is 10.0 Å². The fourth-order valence-corrected chi connectivity index (χ4v) is 2.79. The normalized spacial score (nSPS) is 11.1. The maximum Gasteiger partial charge on any atom is 0.319 e. The number of hydrogen-bond donors (Lipinski definition) is 2. The van der Waals surface area contributed by atoms with E-state index in [1.807, 2.05) is 0 Å². The van der Waals surface area contributed by atoms with Crippen molar-refractivity contribution >= 4 is 21.7 Å². The van der Waals surface area contributed by atoms with Gasteiger partial charge in [-0.05, 0) is 13.0 Å². The highest BCUT2D eigenvalue weighted by molar-refractivity contribution is 7.89. The molecule has 0 amide bonds. The van der Waals surface area contributed by atoms with Gasteiger partial charge < -0.3 is 10.1 Å². The Bertz CT molecular complexity index is 632. The number of carbonyl (C=O) groups excluding carboxylic acids is 1. The zero-order chi connectivity index (χ0) is 16.6. The zero-order valence-electron chi connectivity index (χ0n) is 11.9. The van der Waals surface area contributed by atoms with Crippen LogP contribution in [0.25, 0.3) is 0 Å². The number of sulfonamides is 1. The molecule has 1 aromatic carbocycles. The first-order valence-electron chi connectivity index (χ1n) is 6.48. The molecule has 10 heteroatoms. The summed E-state index contributed by atoms with van der Waals surface area (Å²) in [6.45, 7) is 2.07. The molecule has 2 N–H and O–H groups in total. The summed E-state index contributed by atoms with van der Waals surface area (Å²) in [7, 11) is -3.99. The molecule has 0 aliphatic heterocycles. The lowest BCUT2D eigenvalue weighted by molar-refractivity contribution is -0.387. The summed E-state index contributed by atoms with van der Waals surface area (Å²) in [4.78, 5) is 20.7. The van der Waals surface area contributed by atoms with Crippen molar-refractivity contribution in [1.29, 1.82) is 0 Å². The van der Waals surface area contributed by atoms with Gasteiger partial charge in [-0.25, -0.2) is 13.1 Å². The maximum atomic E-state index is 12.0. The van der Waals surface area contributed by atoms with Crippen LogP contribution in [0, 0.1) is 10.1 Å². The van der Waals surface area contributed by atoms with E-state index in [0.717, 1.165) is 12.1 Å². The van der Waals surface area contributed by atoms with Crippen molar-refractivity contribution < 1.29 is 22.9 Å². The Labute approximate surface area is 127 Å². The Morgan fingerprint density at radius 3 is 2.64 bits per heavy atom. The maximum absolute atomic E-state index is 12.0. The van der Waals surface area contributed by atoms with Gasteiger partial charge in [-0.15, -0.1) is 0 Å². The molecule has 0 aromatic heterocycles. The van der Waals surface area contributed by atoms with Crippen LogP contribution in [0.2, 0.25) is 0 Å². The highest BCUT2D eigenvalue weighted by Crippen LogP contribution is 2.22. The van der Waals surface area contributed by atoms with Gasteiger partial charge >= 0.3 is 5.97 Å². The molecule has 0 radical (unpaired) electrons. The molecule has 0 heterocycles. The molecule has 0 bridgehead atoms. The second-order valence-electron chi connectivity index (χ2n) is 4.10. The number of nitrogens with zero attached hydrogens (tertiary/aromatic N) is 1. The molecule has 0 saturated carbocycles. The molecule has 1 aromatic rings. The Kier molecular flexibility index (Phi) is 6.89. The molecule has 22 heavy (non-hydrogen) atoms. The van der Waals surface area contributed by atoms with E-state index in [1.165, 1.54) is 12.1 Å². The number of esters is 1. The predicted molar refractivity (Wildman–Crippen MR) is 77.8 cm³/mol. The molecule has 0 saturated heterocycles. The molecule has 0 aliphatic rings. The number of ether oxygens (including phenoxy) is 1. The minimum atomic E-state index is -3.99. The third-order valence-corrected chi connectivity index (χ3v) is 4.03. The Hall–Kier alpha value is -2.04. The van der Waals surface area contributed by atoms with Gasteiger partial charge in [-0.3, -0.25) is 14.9 Å². The van der Waals surface area contributed by atoms with E-state index >= 15 is 0 Å². The van der Waals surface area contributed by atoms with Gasteiger partial charge in [-0.1, -0.05) is 12.1 Å². The summed E-state index contributed by atoms with van der Waals surface area (Å²) >= 11 is 0. The van der Waals surface area contributed by atoms with Crippen LogP contribution in [0.1, 0.15) is 6.92 Å². The van der Waals surface area contributed by atoms with Crippen LogP contribution in [0.15, 0.2) is 29.2 Å². The average Bonchev–Trinajstić information content (AvgIpc) is 2.47. The van der Waals surface area contributed by atoms with E-state index in [9.17, 15) is 23.3 Å². The third-order valence-electron chi connectivity index (χ3n) is 2.52. The number of carbonyl (C=O) groups is 1. The SMILES string of the molecule is CCOC(=O)CNCCNS(=O)(=O)c1ccccc1[N+](=O)[O-]. The fourth-order valence-electron chi connectivity index (χ4n) is 1.59. The van der Waals surface area contributed by atoms with Crippen LogP contribution in [0.4, 0.5) is 5.69 Å². The molecule has 0 fully saturated rings. The predicted octanol–water partition coefficient (Wildman–Crippen LogP) is 0.0258. The monoisotopic (exact) mass is 331 g/mol. The second-order valence-corrected chi connectivity index (χ2v) is 5.84. The number of benzene rings is 1. The van der Waals surface area contributed by atoms with Crippen LogP contribution < -0.4 is 10.0 Å². The van der Waals surface area contributed by atoms with Crippen LogP contribution in [-0.2, 0) is 19.6 Å². The first-order valence-corrected chi connectivity index (χ1v) is 7.96. The van der Waals surface area contributed by atoms with Crippen LogP contribution >= 0.6 is 0 Å². The van der Waals surface area contributed by atoms with E-state index in [2.05, 4.69) is 14.8 Å². The van der Waals surface area contributed by atoms with Crippen LogP contribution in [-0.4, -0.2) is 45.6 Å². The van der Waals surface area contributed by atoms with Crippen LogP contribution in [0.3, 0.4) is 0 Å². The number of hydrogen-bond acceptors (Lipinski definition) is 7. The molecule has 0 unspecified atom stereocenters. The quantitative estimate of drug-likeness (QED) is 0.283. The highest BCUT2D eigenvalue weighted by Gasteiger charge is 2.24. The lowest BCUT2D eigenvalue weighted by Crippen LogP contribution is -2.34. The van der Waals surface area contributed by atoms with E-state index in [4.69, 9.17) is 0 Å². The van der Waals surface area contributed by atoms with Gasteiger partial charge in [0.15, 0.2) is 4.90 Å². The summed E-state index contributed by atoms with van der Waals surface area (Å²) in [6, 6.07) is 5.07. The molecule has 0 aliphatic carbocycles. The Balaban J connectivity index is 2.55. The van der Waals surface area contributed by atoms with E-state index in [0.29, 0.717) is 0 Å². The number of rotatable bonds is 9. The zero-order valence-corrected chi connectivity index (χ0v) is 12.8. The second kappa shape index (κ2) is 8.41. The molecular formula is C12H17N3O6S. The largest absolute Gasteiger partial charge is 0.465 e. The minimum absolute atomic E-state index is 0.0201. The average molecular weight is 331 g/mol. The first-order chi connectivity index (χ1) is 10.4. The van der Waals surface area contributed by atoms with Gasteiger partial charge in [0.25, 0.3) is 5.69 Å². The van der Waals surface area contributed by atoms with Crippen molar-refractivity contribution in [3.63, 3.8) is 0 Å². The standard InChI is InChI=1S/C12H17N3O6S/c1-2-21-12(16)9-13-7-8-14-22(19,20)11-6-4-3-5-10(11)15(17)18/h3-6,13-14H,2,7-9H2,1H3. The lowest BCUT2D eigenvalue weighted by Gasteiger charge is -2.08. The molecular weight excluding hydrogens is 314 g/mol. The van der Waals surface area contributed by atoms with Crippen LogP contribution in [0.5, 0.6) is 0 Å². The molecule has 0 atom stereocenters. The van der Waals surface area contributed by atoms with Crippen molar-refractivity contribution in [2.45, 2.75) is 11.8 Å². The van der Waals surface area contributed by atoms with Crippen molar-refractivity contribution in [2.24, 2.45) is 0 Å². The number of nitro groups is 1. The minimum Gasteiger partial charge on any atom is -0.465 e. The van der Waals surface area contributed by atoms with E-state index in [-0.39, 0.29) is 26.2 Å². The van der Waals surface area contributed by atoms with Gasteiger partial charge in [0.1, 0.15) is 0 Å².